The molecule has 3 rings (SSSR count). The Balaban J connectivity index is 1.69. The first-order valence-electron chi connectivity index (χ1n) is 8.42. The lowest BCUT2D eigenvalue weighted by Gasteiger charge is -2.19. The molecule has 1 aromatic carbocycles. The topological polar surface area (TPSA) is 84.9 Å². The van der Waals surface area contributed by atoms with Gasteiger partial charge in [-0.05, 0) is 25.0 Å². The van der Waals surface area contributed by atoms with Gasteiger partial charge in [-0.3, -0.25) is 19.3 Å². The van der Waals surface area contributed by atoms with E-state index in [0.717, 1.165) is 30.6 Å². The van der Waals surface area contributed by atoms with Crippen LogP contribution in [0.3, 0.4) is 0 Å². The Morgan fingerprint density at radius 1 is 1.12 bits per heavy atom. The second-order valence-corrected chi connectivity index (χ2v) is 6.37. The van der Waals surface area contributed by atoms with E-state index in [0.29, 0.717) is 17.2 Å². The van der Waals surface area contributed by atoms with Crippen molar-refractivity contribution in [3.63, 3.8) is 0 Å². The van der Waals surface area contributed by atoms with Gasteiger partial charge in [0, 0.05) is 6.07 Å². The van der Waals surface area contributed by atoms with Crippen molar-refractivity contribution in [1.29, 1.82) is 0 Å². The van der Waals surface area contributed by atoms with Crippen LogP contribution in [0.5, 0.6) is 11.5 Å². The van der Waals surface area contributed by atoms with Crippen molar-refractivity contribution < 1.29 is 23.9 Å². The van der Waals surface area contributed by atoms with Crippen molar-refractivity contribution in [1.82, 2.24) is 4.90 Å². The minimum absolute atomic E-state index is 0.216. The number of methoxy groups -OCH3 is 2. The van der Waals surface area contributed by atoms with Crippen molar-refractivity contribution in [3.8, 4) is 11.5 Å². The summed E-state index contributed by atoms with van der Waals surface area (Å²) in [6.45, 7) is -0.264. The maximum atomic E-state index is 12.4. The highest BCUT2D eigenvalue weighted by atomic mass is 16.5. The number of nitrogens with zero attached hydrogens (tertiary/aromatic N) is 1. The molecular weight excluding hydrogens is 324 g/mol. The van der Waals surface area contributed by atoms with Crippen LogP contribution in [0, 0.1) is 11.8 Å². The predicted molar refractivity (Wildman–Crippen MR) is 90.3 cm³/mol. The number of likely N-dealkylation sites (tertiary alicyclic amines) is 1. The normalized spacial score (nSPS) is 22.6. The minimum Gasteiger partial charge on any atom is -0.497 e. The highest BCUT2D eigenvalue weighted by Gasteiger charge is 2.48. The van der Waals surface area contributed by atoms with Crippen molar-refractivity contribution in [3.05, 3.63) is 18.2 Å². The molecule has 0 aromatic heterocycles. The second kappa shape index (κ2) is 7.13. The quantitative estimate of drug-likeness (QED) is 0.822. The molecule has 2 atom stereocenters. The van der Waals surface area contributed by atoms with Crippen molar-refractivity contribution in [2.24, 2.45) is 11.8 Å². The number of anilines is 1. The van der Waals surface area contributed by atoms with E-state index in [1.807, 2.05) is 0 Å². The summed E-state index contributed by atoms with van der Waals surface area (Å²) >= 11 is 0. The fourth-order valence-corrected chi connectivity index (χ4v) is 3.62. The van der Waals surface area contributed by atoms with Crippen molar-refractivity contribution in [2.75, 3.05) is 26.1 Å². The Kier molecular flexibility index (Phi) is 4.92. The van der Waals surface area contributed by atoms with Crippen LogP contribution >= 0.6 is 0 Å². The highest BCUT2D eigenvalue weighted by molar-refractivity contribution is 6.08. The first kappa shape index (κ1) is 17.3. The maximum Gasteiger partial charge on any atom is 0.244 e. The van der Waals surface area contributed by atoms with Gasteiger partial charge < -0.3 is 14.8 Å². The fraction of sp³-hybridized carbons (Fsp3) is 0.500. The number of nitrogens with one attached hydrogen (secondary N) is 1. The van der Waals surface area contributed by atoms with Crippen LogP contribution in [0.25, 0.3) is 0 Å². The molecule has 0 unspecified atom stereocenters. The Bertz CT molecular complexity index is 679. The molecule has 2 fully saturated rings. The third-order valence-corrected chi connectivity index (χ3v) is 4.92. The Hall–Kier alpha value is -2.57. The zero-order valence-electron chi connectivity index (χ0n) is 14.4. The fourth-order valence-electron chi connectivity index (χ4n) is 3.62. The second-order valence-electron chi connectivity index (χ2n) is 6.37. The lowest BCUT2D eigenvalue weighted by molar-refractivity contribution is -0.142. The van der Waals surface area contributed by atoms with Crippen LogP contribution in [0.4, 0.5) is 5.69 Å². The lowest BCUT2D eigenvalue weighted by atomic mass is 9.81. The molecule has 3 amide bonds. The van der Waals surface area contributed by atoms with E-state index in [1.165, 1.54) is 14.2 Å². The van der Waals surface area contributed by atoms with Gasteiger partial charge in [-0.1, -0.05) is 12.8 Å². The maximum absolute atomic E-state index is 12.4. The Labute approximate surface area is 146 Å². The van der Waals surface area contributed by atoms with Crippen LogP contribution in [0.1, 0.15) is 25.7 Å². The number of carbonyl (C=O) groups is 3. The largest absolute Gasteiger partial charge is 0.497 e. The van der Waals surface area contributed by atoms with E-state index in [9.17, 15) is 14.4 Å². The molecule has 2 aliphatic rings. The first-order chi connectivity index (χ1) is 12.0. The van der Waals surface area contributed by atoms with E-state index < -0.39 is 5.91 Å². The summed E-state index contributed by atoms with van der Waals surface area (Å²) < 4.78 is 10.4. The Morgan fingerprint density at radius 2 is 1.76 bits per heavy atom. The zero-order chi connectivity index (χ0) is 18.0. The van der Waals surface area contributed by atoms with Crippen LogP contribution in [-0.2, 0) is 14.4 Å². The Morgan fingerprint density at radius 3 is 2.32 bits per heavy atom. The van der Waals surface area contributed by atoms with Gasteiger partial charge in [0.25, 0.3) is 0 Å². The molecule has 0 bridgehead atoms. The average Bonchev–Trinajstić information content (AvgIpc) is 2.87. The molecule has 134 valence electrons. The number of amides is 3. The summed E-state index contributed by atoms with van der Waals surface area (Å²) in [7, 11) is 3.03. The van der Waals surface area contributed by atoms with Crippen molar-refractivity contribution in [2.45, 2.75) is 25.7 Å². The number of hydrogen-bond donors (Lipinski definition) is 1. The third kappa shape index (κ3) is 3.31. The van der Waals surface area contributed by atoms with Crippen LogP contribution in [-0.4, -0.2) is 43.4 Å². The summed E-state index contributed by atoms with van der Waals surface area (Å²) in [5.41, 5.74) is 0.463. The standard InChI is InChI=1S/C18H22N2O5/c1-24-11-7-8-14(15(9-11)25-2)19-16(21)10-20-17(22)12-5-3-4-6-13(12)18(20)23/h7-9,12-13H,3-6,10H2,1-2H3,(H,19,21)/t12-,13-/m1/s1. The predicted octanol–water partition coefficient (Wildman–Crippen LogP) is 1.82. The van der Waals surface area contributed by atoms with Crippen LogP contribution < -0.4 is 14.8 Å². The summed E-state index contributed by atoms with van der Waals surface area (Å²) in [4.78, 5) is 38.3. The lowest BCUT2D eigenvalue weighted by Crippen LogP contribution is -2.38. The summed E-state index contributed by atoms with van der Waals surface area (Å²) in [5.74, 6) is -0.305. The molecule has 25 heavy (non-hydrogen) atoms. The molecule has 1 aliphatic heterocycles. The van der Waals surface area contributed by atoms with Gasteiger partial charge in [0.15, 0.2) is 0 Å². The monoisotopic (exact) mass is 346 g/mol. The molecule has 1 heterocycles. The average molecular weight is 346 g/mol. The molecule has 1 saturated heterocycles. The molecule has 7 nitrogen and oxygen atoms in total. The number of benzene rings is 1. The van der Waals surface area contributed by atoms with Gasteiger partial charge in [-0.2, -0.15) is 0 Å². The van der Waals surface area contributed by atoms with Gasteiger partial charge >= 0.3 is 0 Å². The smallest absolute Gasteiger partial charge is 0.244 e. The number of fused-ring (bicyclic) bond motifs is 1. The molecule has 0 radical (unpaired) electrons. The van der Waals surface area contributed by atoms with Crippen molar-refractivity contribution >= 4 is 23.4 Å². The van der Waals surface area contributed by atoms with E-state index >= 15 is 0 Å². The highest BCUT2D eigenvalue weighted by Crippen LogP contribution is 2.38. The van der Waals surface area contributed by atoms with Gasteiger partial charge in [0.05, 0.1) is 31.7 Å². The molecule has 7 heteroatoms. The SMILES string of the molecule is COc1ccc(NC(=O)CN2C(=O)[C@@H]3CCCC[C@H]3C2=O)c(OC)c1. The molecule has 1 aromatic rings. The zero-order valence-corrected chi connectivity index (χ0v) is 14.4. The molecular formula is C18H22N2O5. The molecule has 1 saturated carbocycles. The summed E-state index contributed by atoms with van der Waals surface area (Å²) in [5, 5.41) is 2.70. The summed E-state index contributed by atoms with van der Waals surface area (Å²) in [6.07, 6.45) is 3.39. The van der Waals surface area contributed by atoms with Gasteiger partial charge in [-0.15, -0.1) is 0 Å². The van der Waals surface area contributed by atoms with Gasteiger partial charge in [0.1, 0.15) is 18.0 Å². The van der Waals surface area contributed by atoms with E-state index in [-0.39, 0.29) is 30.2 Å². The number of ether oxygens (including phenoxy) is 2. The number of hydrogen-bond acceptors (Lipinski definition) is 5. The minimum atomic E-state index is -0.427. The molecule has 1 N–H and O–H groups in total. The van der Waals surface area contributed by atoms with Crippen LogP contribution in [0.2, 0.25) is 0 Å². The first-order valence-corrected chi connectivity index (χ1v) is 8.42. The van der Waals surface area contributed by atoms with E-state index in [2.05, 4.69) is 5.32 Å². The van der Waals surface area contributed by atoms with Crippen LogP contribution in [0.15, 0.2) is 18.2 Å². The van der Waals surface area contributed by atoms with E-state index in [4.69, 9.17) is 9.47 Å². The molecule has 0 spiro atoms. The van der Waals surface area contributed by atoms with Gasteiger partial charge in [-0.25, -0.2) is 0 Å². The summed E-state index contributed by atoms with van der Waals surface area (Å²) in [6, 6.07) is 5.00. The third-order valence-electron chi connectivity index (χ3n) is 4.92. The number of rotatable bonds is 5. The van der Waals surface area contributed by atoms with E-state index in [1.54, 1.807) is 18.2 Å². The number of carbonyl (C=O) groups excluding carboxylic acids is 3. The molecule has 1 aliphatic carbocycles. The van der Waals surface area contributed by atoms with Gasteiger partial charge in [0.2, 0.25) is 17.7 Å². The number of imide groups is 1.